The van der Waals surface area contributed by atoms with Gasteiger partial charge in [-0.1, -0.05) is 84.4 Å². The highest BCUT2D eigenvalue weighted by molar-refractivity contribution is 5.80. The molecule has 0 aromatic heterocycles. The van der Waals surface area contributed by atoms with Crippen LogP contribution in [0.4, 0.5) is 0 Å². The molecule has 180 valence electrons. The van der Waals surface area contributed by atoms with Crippen LogP contribution in [-0.4, -0.2) is 65.8 Å². The Morgan fingerprint density at radius 2 is 1.46 bits per heavy atom. The largest absolute Gasteiger partial charge is 0.340 e. The summed E-state index contributed by atoms with van der Waals surface area (Å²) in [5.41, 5.74) is 6.05. The number of fused-ring (bicyclic) bond motifs is 1. The molecule has 2 amide bonds. The lowest BCUT2D eigenvalue weighted by molar-refractivity contribution is -0.135. The molecule has 5 nitrogen and oxygen atoms in total. The fourth-order valence-electron chi connectivity index (χ4n) is 5.21. The van der Waals surface area contributed by atoms with Crippen LogP contribution in [-0.2, 0) is 22.6 Å². The van der Waals surface area contributed by atoms with Crippen LogP contribution in [0.25, 0.3) is 0 Å². The Bertz CT molecular complexity index is 1170. The first-order chi connectivity index (χ1) is 17.1. The van der Waals surface area contributed by atoms with E-state index in [4.69, 9.17) is 0 Å². The molecule has 0 aliphatic carbocycles. The van der Waals surface area contributed by atoms with Gasteiger partial charge >= 0.3 is 0 Å². The zero-order valence-electron chi connectivity index (χ0n) is 20.4. The van der Waals surface area contributed by atoms with Crippen LogP contribution in [0.15, 0.2) is 78.9 Å². The quantitative estimate of drug-likeness (QED) is 0.573. The van der Waals surface area contributed by atoms with Gasteiger partial charge in [0.25, 0.3) is 0 Å². The first kappa shape index (κ1) is 23.3. The van der Waals surface area contributed by atoms with Gasteiger partial charge in [-0.25, -0.2) is 0 Å². The van der Waals surface area contributed by atoms with Gasteiger partial charge in [0.1, 0.15) is 0 Å². The van der Waals surface area contributed by atoms with Crippen LogP contribution in [0.3, 0.4) is 0 Å². The van der Waals surface area contributed by atoms with E-state index in [0.717, 1.165) is 18.7 Å². The molecule has 1 unspecified atom stereocenters. The van der Waals surface area contributed by atoms with Gasteiger partial charge in [-0.2, -0.15) is 0 Å². The average Bonchev–Trinajstić information content (AvgIpc) is 2.90. The first-order valence-electron chi connectivity index (χ1n) is 12.5. The second-order valence-corrected chi connectivity index (χ2v) is 9.76. The molecule has 1 saturated heterocycles. The summed E-state index contributed by atoms with van der Waals surface area (Å²) in [6.07, 6.45) is 0.438. The summed E-state index contributed by atoms with van der Waals surface area (Å²) >= 11 is 0. The van der Waals surface area contributed by atoms with E-state index in [1.54, 1.807) is 0 Å². The lowest BCUT2D eigenvalue weighted by Crippen LogP contribution is -2.52. The highest BCUT2D eigenvalue weighted by Gasteiger charge is 2.30. The Balaban J connectivity index is 1.17. The van der Waals surface area contributed by atoms with Crippen LogP contribution in [0.2, 0.25) is 0 Å². The van der Waals surface area contributed by atoms with E-state index in [1.807, 2.05) is 40.1 Å². The molecular weight excluding hydrogens is 434 g/mol. The number of hydrogen-bond donors (Lipinski definition) is 0. The van der Waals surface area contributed by atoms with Crippen molar-refractivity contribution in [2.24, 2.45) is 0 Å². The molecule has 1 atom stereocenters. The maximum Gasteiger partial charge on any atom is 0.237 e. The van der Waals surface area contributed by atoms with E-state index in [2.05, 4.69) is 60.4 Å². The molecule has 0 spiro atoms. The van der Waals surface area contributed by atoms with Gasteiger partial charge in [-0.15, -0.1) is 0 Å². The minimum atomic E-state index is 0.165. The summed E-state index contributed by atoms with van der Waals surface area (Å²) in [7, 11) is 0. The summed E-state index contributed by atoms with van der Waals surface area (Å²) < 4.78 is 0. The molecule has 3 aromatic carbocycles. The minimum absolute atomic E-state index is 0.165. The smallest absolute Gasteiger partial charge is 0.237 e. The van der Waals surface area contributed by atoms with Gasteiger partial charge in [0.2, 0.25) is 11.8 Å². The van der Waals surface area contributed by atoms with Crippen LogP contribution in [0, 0.1) is 6.92 Å². The van der Waals surface area contributed by atoms with Gasteiger partial charge in [-0.05, 0) is 29.2 Å². The molecular formula is C30H33N3O2. The lowest BCUT2D eigenvalue weighted by atomic mass is 9.84. The predicted octanol–water partition coefficient (Wildman–Crippen LogP) is 3.86. The van der Waals surface area contributed by atoms with E-state index in [1.165, 1.54) is 22.3 Å². The maximum atomic E-state index is 13.3. The molecule has 3 aromatic rings. The van der Waals surface area contributed by atoms with Gasteiger partial charge in [0.15, 0.2) is 0 Å². The Morgan fingerprint density at radius 1 is 0.771 bits per heavy atom. The normalized spacial score (nSPS) is 18.3. The predicted molar refractivity (Wildman–Crippen MR) is 138 cm³/mol. The Labute approximate surface area is 208 Å². The molecule has 0 N–H and O–H groups in total. The van der Waals surface area contributed by atoms with Crippen molar-refractivity contribution in [2.45, 2.75) is 25.8 Å². The molecule has 2 heterocycles. The van der Waals surface area contributed by atoms with Crippen molar-refractivity contribution < 1.29 is 9.59 Å². The van der Waals surface area contributed by atoms with Crippen molar-refractivity contribution in [1.29, 1.82) is 0 Å². The van der Waals surface area contributed by atoms with Crippen LogP contribution in [0.1, 0.15) is 33.7 Å². The Morgan fingerprint density at radius 3 is 2.20 bits per heavy atom. The van der Waals surface area contributed by atoms with Gasteiger partial charge in [-0.3, -0.25) is 14.5 Å². The number of benzene rings is 3. The number of carbonyl (C=O) groups is 2. The number of nitrogens with zero attached hydrogens (tertiary/aromatic N) is 3. The molecule has 2 aliphatic heterocycles. The topological polar surface area (TPSA) is 43.9 Å². The molecule has 0 saturated carbocycles. The molecule has 0 bridgehead atoms. The van der Waals surface area contributed by atoms with Crippen molar-refractivity contribution >= 4 is 11.8 Å². The van der Waals surface area contributed by atoms with E-state index >= 15 is 0 Å². The average molecular weight is 468 g/mol. The third-order valence-corrected chi connectivity index (χ3v) is 7.31. The van der Waals surface area contributed by atoms with Crippen LogP contribution in [0.5, 0.6) is 0 Å². The van der Waals surface area contributed by atoms with Crippen molar-refractivity contribution in [3.05, 3.63) is 107 Å². The van der Waals surface area contributed by atoms with E-state index in [9.17, 15) is 9.59 Å². The standard InChI is InChI=1S/C30H33N3O2/c1-23-11-13-24(14-12-23)19-29(34)32-17-15-31(16-18-32)22-30(35)33-20-26-9-5-6-10-27(26)28(21-33)25-7-3-2-4-8-25/h2-14,28H,15-22H2,1H3. The number of rotatable bonds is 5. The van der Waals surface area contributed by atoms with Crippen molar-refractivity contribution in [3.63, 3.8) is 0 Å². The second kappa shape index (κ2) is 10.4. The summed E-state index contributed by atoms with van der Waals surface area (Å²) in [4.78, 5) is 32.2. The fraction of sp³-hybridized carbons (Fsp3) is 0.333. The fourth-order valence-corrected chi connectivity index (χ4v) is 5.21. The summed E-state index contributed by atoms with van der Waals surface area (Å²) in [5, 5.41) is 0. The third kappa shape index (κ3) is 5.46. The minimum Gasteiger partial charge on any atom is -0.340 e. The molecule has 5 heteroatoms. The zero-order chi connectivity index (χ0) is 24.2. The van der Waals surface area contributed by atoms with Crippen molar-refractivity contribution in [1.82, 2.24) is 14.7 Å². The van der Waals surface area contributed by atoms with E-state index in [-0.39, 0.29) is 17.7 Å². The monoisotopic (exact) mass is 467 g/mol. The summed E-state index contributed by atoms with van der Waals surface area (Å²) in [5.74, 6) is 0.527. The maximum absolute atomic E-state index is 13.3. The van der Waals surface area contributed by atoms with Crippen molar-refractivity contribution in [2.75, 3.05) is 39.3 Å². The third-order valence-electron chi connectivity index (χ3n) is 7.31. The molecule has 35 heavy (non-hydrogen) atoms. The Hall–Kier alpha value is -3.44. The van der Waals surface area contributed by atoms with E-state index in [0.29, 0.717) is 39.1 Å². The molecule has 5 rings (SSSR count). The summed E-state index contributed by atoms with van der Waals surface area (Å²) in [6.45, 7) is 6.64. The van der Waals surface area contributed by atoms with Gasteiger partial charge in [0, 0.05) is 45.2 Å². The highest BCUT2D eigenvalue weighted by Crippen LogP contribution is 2.33. The number of aryl methyl sites for hydroxylation is 1. The number of piperazine rings is 1. The Kier molecular flexibility index (Phi) is 6.96. The number of hydrogen-bond acceptors (Lipinski definition) is 3. The zero-order valence-corrected chi connectivity index (χ0v) is 20.4. The molecule has 1 fully saturated rings. The van der Waals surface area contributed by atoms with Crippen molar-refractivity contribution in [3.8, 4) is 0 Å². The lowest BCUT2D eigenvalue weighted by Gasteiger charge is -2.38. The SMILES string of the molecule is Cc1ccc(CC(=O)N2CCN(CC(=O)N3Cc4ccccc4C(c4ccccc4)C3)CC2)cc1. The molecule has 2 aliphatic rings. The highest BCUT2D eigenvalue weighted by atomic mass is 16.2. The summed E-state index contributed by atoms with van der Waals surface area (Å²) in [6, 6.07) is 27.1. The van der Waals surface area contributed by atoms with Crippen LogP contribution >= 0.6 is 0 Å². The van der Waals surface area contributed by atoms with E-state index < -0.39 is 0 Å². The number of carbonyl (C=O) groups excluding carboxylic acids is 2. The first-order valence-corrected chi connectivity index (χ1v) is 12.5. The van der Waals surface area contributed by atoms with Gasteiger partial charge < -0.3 is 9.80 Å². The van der Waals surface area contributed by atoms with Gasteiger partial charge in [0.05, 0.1) is 13.0 Å². The number of amides is 2. The van der Waals surface area contributed by atoms with Crippen LogP contribution < -0.4 is 0 Å². The second-order valence-electron chi connectivity index (χ2n) is 9.76. The molecule has 0 radical (unpaired) electrons.